The lowest BCUT2D eigenvalue weighted by atomic mass is 9.93. The number of ether oxygens (including phenoxy) is 1. The van der Waals surface area contributed by atoms with Crippen LogP contribution in [0.5, 0.6) is 0 Å². The molecule has 0 saturated carbocycles. The maximum Gasteiger partial charge on any atom is 0.250 e. The molecule has 6 heteroatoms. The van der Waals surface area contributed by atoms with Gasteiger partial charge in [-0.25, -0.2) is 4.98 Å². The van der Waals surface area contributed by atoms with Crippen LogP contribution >= 0.6 is 11.6 Å². The zero-order valence-corrected chi connectivity index (χ0v) is 14.3. The normalized spacial score (nSPS) is 17.0. The van der Waals surface area contributed by atoms with Crippen LogP contribution in [0, 0.1) is 0 Å². The number of hydrogen-bond acceptors (Lipinski definition) is 3. The Balaban J connectivity index is 1.90. The van der Waals surface area contributed by atoms with Crippen molar-refractivity contribution in [2.45, 2.75) is 25.2 Å². The van der Waals surface area contributed by atoms with E-state index in [1.807, 2.05) is 16.8 Å². The number of amides is 1. The maximum atomic E-state index is 11.7. The molecule has 1 amide bonds. The fourth-order valence-electron chi connectivity index (χ4n) is 2.95. The molecule has 1 atom stereocenters. The molecular formula is C18H20ClN3O2. The average molecular weight is 346 g/mol. The molecule has 0 aliphatic heterocycles. The predicted octanol–water partition coefficient (Wildman–Crippen LogP) is 3.93. The van der Waals surface area contributed by atoms with Gasteiger partial charge in [0.05, 0.1) is 10.7 Å². The molecule has 0 spiro atoms. The van der Waals surface area contributed by atoms with Gasteiger partial charge >= 0.3 is 0 Å². The maximum absolute atomic E-state index is 11.7. The zero-order valence-electron chi connectivity index (χ0n) is 13.5. The van der Waals surface area contributed by atoms with E-state index in [0.29, 0.717) is 16.6 Å². The minimum Gasteiger partial charge on any atom is -0.375 e. The molecule has 0 radical (unpaired) electrons. The van der Waals surface area contributed by atoms with E-state index in [9.17, 15) is 4.79 Å². The number of methoxy groups -OCH3 is 1. The van der Waals surface area contributed by atoms with E-state index < -0.39 is 0 Å². The van der Waals surface area contributed by atoms with Crippen molar-refractivity contribution in [1.82, 2.24) is 9.55 Å². The topological polar surface area (TPSA) is 56.1 Å². The van der Waals surface area contributed by atoms with Gasteiger partial charge in [0.2, 0.25) is 5.91 Å². The first-order valence-electron chi connectivity index (χ1n) is 7.96. The Morgan fingerprint density at radius 3 is 3.08 bits per heavy atom. The number of hydrogen-bond donors (Lipinski definition) is 1. The standard InChI is InChI=1S/C18H20ClN3O2/c1-24-12-17(23)21-14-7-8-15(19)16(11-14)22-10-9-20-18(22)13-5-3-2-4-6-13/h2-3,7-11,13H,4-6,12H2,1H3,(H,21,23). The van der Waals surface area contributed by atoms with Gasteiger partial charge in [0, 0.05) is 31.1 Å². The summed E-state index contributed by atoms with van der Waals surface area (Å²) < 4.78 is 6.85. The Labute approximate surface area is 146 Å². The van der Waals surface area contributed by atoms with E-state index in [2.05, 4.69) is 22.5 Å². The second-order valence-electron chi connectivity index (χ2n) is 5.78. The van der Waals surface area contributed by atoms with Gasteiger partial charge in [-0.1, -0.05) is 23.8 Å². The zero-order chi connectivity index (χ0) is 16.9. The summed E-state index contributed by atoms with van der Waals surface area (Å²) in [5, 5.41) is 3.42. The molecule has 1 aliphatic rings. The highest BCUT2D eigenvalue weighted by Crippen LogP contribution is 2.32. The minimum absolute atomic E-state index is 0.0166. The van der Waals surface area contributed by atoms with Gasteiger partial charge < -0.3 is 14.6 Å². The predicted molar refractivity (Wildman–Crippen MR) is 94.8 cm³/mol. The first-order chi connectivity index (χ1) is 11.7. The Bertz CT molecular complexity index is 754. The first-order valence-corrected chi connectivity index (χ1v) is 8.34. The molecule has 1 aliphatic carbocycles. The third-order valence-corrected chi connectivity index (χ3v) is 4.39. The van der Waals surface area contributed by atoms with E-state index in [4.69, 9.17) is 16.3 Å². The molecular weight excluding hydrogens is 326 g/mol. The van der Waals surface area contributed by atoms with Crippen molar-refractivity contribution in [2.75, 3.05) is 19.0 Å². The third-order valence-electron chi connectivity index (χ3n) is 4.07. The van der Waals surface area contributed by atoms with Crippen molar-refractivity contribution >= 4 is 23.2 Å². The number of halogens is 1. The van der Waals surface area contributed by atoms with Crippen molar-refractivity contribution < 1.29 is 9.53 Å². The molecule has 24 heavy (non-hydrogen) atoms. The van der Waals surface area contributed by atoms with Crippen LogP contribution in [0.15, 0.2) is 42.7 Å². The van der Waals surface area contributed by atoms with Gasteiger partial charge in [-0.3, -0.25) is 4.79 Å². The van der Waals surface area contributed by atoms with E-state index in [1.165, 1.54) is 7.11 Å². The Morgan fingerprint density at radius 2 is 2.33 bits per heavy atom. The number of nitrogens with one attached hydrogen (secondary N) is 1. The Kier molecular flexibility index (Phi) is 5.33. The summed E-state index contributed by atoms with van der Waals surface area (Å²) in [6.07, 6.45) is 11.3. The van der Waals surface area contributed by atoms with E-state index >= 15 is 0 Å². The third kappa shape index (κ3) is 3.68. The SMILES string of the molecule is COCC(=O)Nc1ccc(Cl)c(-n2ccnc2C2CC=CCC2)c1. The quantitative estimate of drug-likeness (QED) is 0.835. The molecule has 3 rings (SSSR count). The Morgan fingerprint density at radius 1 is 1.46 bits per heavy atom. The number of carbonyl (C=O) groups is 1. The number of allylic oxidation sites excluding steroid dienone is 2. The number of benzene rings is 1. The van der Waals surface area contributed by atoms with Crippen molar-refractivity contribution in [3.05, 3.63) is 53.6 Å². The molecule has 5 nitrogen and oxygen atoms in total. The average Bonchev–Trinajstić information content (AvgIpc) is 3.07. The van der Waals surface area contributed by atoms with Crippen LogP contribution < -0.4 is 5.32 Å². The van der Waals surface area contributed by atoms with Crippen molar-refractivity contribution in [2.24, 2.45) is 0 Å². The highest BCUT2D eigenvalue weighted by atomic mass is 35.5. The molecule has 1 heterocycles. The van der Waals surface area contributed by atoms with Crippen molar-refractivity contribution in [3.8, 4) is 5.69 Å². The van der Waals surface area contributed by atoms with E-state index in [0.717, 1.165) is 30.8 Å². The largest absolute Gasteiger partial charge is 0.375 e. The number of nitrogens with zero attached hydrogens (tertiary/aromatic N) is 2. The summed E-state index contributed by atoms with van der Waals surface area (Å²) >= 11 is 6.40. The van der Waals surface area contributed by atoms with Gasteiger partial charge in [-0.2, -0.15) is 0 Å². The second-order valence-corrected chi connectivity index (χ2v) is 6.19. The highest BCUT2D eigenvalue weighted by molar-refractivity contribution is 6.32. The van der Waals surface area contributed by atoms with Crippen LogP contribution in [-0.4, -0.2) is 29.2 Å². The van der Waals surface area contributed by atoms with Crippen LogP contribution in [0.2, 0.25) is 5.02 Å². The lowest BCUT2D eigenvalue weighted by Gasteiger charge is -2.20. The number of anilines is 1. The lowest BCUT2D eigenvalue weighted by Crippen LogP contribution is -2.17. The number of aromatic nitrogens is 2. The van der Waals surface area contributed by atoms with Crippen LogP contribution in [0.4, 0.5) is 5.69 Å². The van der Waals surface area contributed by atoms with Crippen LogP contribution in [0.25, 0.3) is 5.69 Å². The van der Waals surface area contributed by atoms with E-state index in [-0.39, 0.29) is 12.5 Å². The van der Waals surface area contributed by atoms with E-state index in [1.54, 1.807) is 18.3 Å². The monoisotopic (exact) mass is 345 g/mol. The summed E-state index contributed by atoms with van der Waals surface area (Å²) in [5.74, 6) is 1.18. The molecule has 0 saturated heterocycles. The number of imidazole rings is 1. The van der Waals surface area contributed by atoms with Gasteiger partial charge in [0.15, 0.2) is 0 Å². The first kappa shape index (κ1) is 16.7. The molecule has 2 aromatic rings. The molecule has 1 N–H and O–H groups in total. The van der Waals surface area contributed by atoms with Crippen LogP contribution in [0.3, 0.4) is 0 Å². The minimum atomic E-state index is -0.200. The van der Waals surface area contributed by atoms with Crippen molar-refractivity contribution in [3.63, 3.8) is 0 Å². The summed E-state index contributed by atoms with van der Waals surface area (Å²) in [4.78, 5) is 16.3. The summed E-state index contributed by atoms with van der Waals surface area (Å²) in [7, 11) is 1.49. The fraction of sp³-hybridized carbons (Fsp3) is 0.333. The molecule has 0 fully saturated rings. The molecule has 1 aromatic carbocycles. The number of rotatable bonds is 5. The lowest BCUT2D eigenvalue weighted by molar-refractivity contribution is -0.119. The summed E-state index contributed by atoms with van der Waals surface area (Å²) in [5.41, 5.74) is 1.49. The van der Waals surface area contributed by atoms with Gasteiger partial charge in [0.1, 0.15) is 12.4 Å². The van der Waals surface area contributed by atoms with Gasteiger partial charge in [0.25, 0.3) is 0 Å². The number of carbonyl (C=O) groups excluding carboxylic acids is 1. The van der Waals surface area contributed by atoms with Gasteiger partial charge in [-0.05, 0) is 37.5 Å². The second kappa shape index (κ2) is 7.64. The van der Waals surface area contributed by atoms with Crippen LogP contribution in [-0.2, 0) is 9.53 Å². The molecule has 1 aromatic heterocycles. The summed E-state index contributed by atoms with van der Waals surface area (Å²) in [6.45, 7) is 0.0166. The van der Waals surface area contributed by atoms with Crippen molar-refractivity contribution in [1.29, 1.82) is 0 Å². The highest BCUT2D eigenvalue weighted by Gasteiger charge is 2.19. The summed E-state index contributed by atoms with van der Waals surface area (Å²) in [6, 6.07) is 5.42. The fourth-order valence-corrected chi connectivity index (χ4v) is 3.16. The molecule has 1 unspecified atom stereocenters. The van der Waals surface area contributed by atoms with Crippen LogP contribution in [0.1, 0.15) is 31.0 Å². The smallest absolute Gasteiger partial charge is 0.250 e. The molecule has 0 bridgehead atoms. The molecule has 126 valence electrons. The Hall–Kier alpha value is -2.11. The van der Waals surface area contributed by atoms with Gasteiger partial charge in [-0.15, -0.1) is 0 Å².